The molecule has 0 bridgehead atoms. The summed E-state index contributed by atoms with van der Waals surface area (Å²) in [5.41, 5.74) is 2.59. The first-order chi connectivity index (χ1) is 18.9. The van der Waals surface area contributed by atoms with Crippen molar-refractivity contribution in [2.45, 2.75) is 26.3 Å². The van der Waals surface area contributed by atoms with Gasteiger partial charge in [-0.2, -0.15) is 5.26 Å². The van der Waals surface area contributed by atoms with E-state index in [1.54, 1.807) is 24.5 Å². The van der Waals surface area contributed by atoms with Gasteiger partial charge in [-0.15, -0.1) is 0 Å². The molecule has 0 amide bonds. The molecule has 3 heterocycles. The van der Waals surface area contributed by atoms with Crippen LogP contribution in [-0.2, 0) is 11.3 Å². The largest absolute Gasteiger partial charge is 0.492 e. The normalized spacial score (nSPS) is 14.9. The van der Waals surface area contributed by atoms with Crippen LogP contribution in [0.5, 0.6) is 0 Å². The molecule has 0 atom stereocenters. The molecule has 0 unspecified atom stereocenters. The van der Waals surface area contributed by atoms with E-state index in [1.165, 1.54) is 10.8 Å². The molecule has 8 heteroatoms. The summed E-state index contributed by atoms with van der Waals surface area (Å²) in [5.74, 6) is 0.349. The molecule has 1 aliphatic rings. The maximum atomic E-state index is 14.5. The van der Waals surface area contributed by atoms with Crippen LogP contribution in [-0.4, -0.2) is 47.4 Å². The van der Waals surface area contributed by atoms with E-state index in [0.717, 1.165) is 43.1 Å². The molecule has 7 nitrogen and oxygen atoms in total. The highest BCUT2D eigenvalue weighted by Gasteiger charge is 2.17. The Morgan fingerprint density at radius 2 is 2.08 bits per heavy atom. The van der Waals surface area contributed by atoms with Crippen molar-refractivity contribution in [2.24, 2.45) is 10.9 Å². The van der Waals surface area contributed by atoms with E-state index in [2.05, 4.69) is 28.5 Å². The lowest BCUT2D eigenvalue weighted by Gasteiger charge is -2.28. The van der Waals surface area contributed by atoms with Gasteiger partial charge in [0, 0.05) is 18.0 Å². The lowest BCUT2D eigenvalue weighted by molar-refractivity contribution is 0.126. The second-order valence-corrected chi connectivity index (χ2v) is 9.71. The number of hydrogen-bond acceptors (Lipinski definition) is 6. The van der Waals surface area contributed by atoms with Gasteiger partial charge in [-0.3, -0.25) is 14.8 Å². The van der Waals surface area contributed by atoms with Gasteiger partial charge in [-0.05, 0) is 87.3 Å². The molecule has 1 aromatic carbocycles. The molecule has 0 spiro atoms. The molecule has 1 saturated heterocycles. The van der Waals surface area contributed by atoms with Crippen molar-refractivity contribution in [3.8, 4) is 17.3 Å². The molecule has 3 aromatic rings. The molecule has 0 saturated carbocycles. The number of ether oxygens (including phenoxy) is 1. The van der Waals surface area contributed by atoms with Crippen LogP contribution < -0.4 is 5.56 Å². The Morgan fingerprint density at radius 1 is 1.28 bits per heavy atom. The van der Waals surface area contributed by atoms with E-state index in [0.29, 0.717) is 40.8 Å². The van der Waals surface area contributed by atoms with Crippen molar-refractivity contribution in [1.29, 1.82) is 5.26 Å². The Labute approximate surface area is 228 Å². The van der Waals surface area contributed by atoms with Crippen LogP contribution in [0.2, 0.25) is 0 Å². The molecule has 2 aromatic heterocycles. The molecule has 200 valence electrons. The number of nitrogens with zero attached hydrogens (tertiary/aromatic N) is 5. The van der Waals surface area contributed by atoms with E-state index < -0.39 is 11.4 Å². The zero-order chi connectivity index (χ0) is 27.8. The molecular formula is C31H32FN5O2. The summed E-state index contributed by atoms with van der Waals surface area (Å²) >= 11 is 0. The number of hydrogen-bond donors (Lipinski definition) is 0. The molecule has 0 radical (unpaired) electrons. The summed E-state index contributed by atoms with van der Waals surface area (Å²) in [7, 11) is 2.14. The highest BCUT2D eigenvalue weighted by Crippen LogP contribution is 2.20. The lowest BCUT2D eigenvalue weighted by Crippen LogP contribution is -2.31. The van der Waals surface area contributed by atoms with Gasteiger partial charge in [0.25, 0.3) is 5.56 Å². The second-order valence-electron chi connectivity index (χ2n) is 9.71. The van der Waals surface area contributed by atoms with Crippen LogP contribution in [0.25, 0.3) is 17.0 Å². The maximum Gasteiger partial charge on any atom is 0.286 e. The first-order valence-electron chi connectivity index (χ1n) is 12.9. The summed E-state index contributed by atoms with van der Waals surface area (Å²) in [6.45, 7) is 9.00. The van der Waals surface area contributed by atoms with Crippen molar-refractivity contribution < 1.29 is 9.13 Å². The van der Waals surface area contributed by atoms with E-state index in [1.807, 2.05) is 43.3 Å². The highest BCUT2D eigenvalue weighted by molar-refractivity contribution is 5.82. The third-order valence-electron chi connectivity index (χ3n) is 6.80. The Kier molecular flexibility index (Phi) is 9.18. The number of piperidine rings is 1. The number of rotatable bonds is 9. The minimum Gasteiger partial charge on any atom is -0.492 e. The fourth-order valence-corrected chi connectivity index (χ4v) is 4.41. The van der Waals surface area contributed by atoms with Crippen LogP contribution in [0.15, 0.2) is 83.1 Å². The van der Waals surface area contributed by atoms with Crippen LogP contribution >= 0.6 is 0 Å². The minimum atomic E-state index is -0.888. The first-order valence-corrected chi connectivity index (χ1v) is 12.9. The third-order valence-corrected chi connectivity index (χ3v) is 6.80. The van der Waals surface area contributed by atoms with Gasteiger partial charge < -0.3 is 14.2 Å². The fourth-order valence-electron chi connectivity index (χ4n) is 4.41. The average Bonchev–Trinajstić information content (AvgIpc) is 2.96. The molecule has 0 aliphatic carbocycles. The number of aromatic nitrogens is 2. The SMILES string of the molecule is C=C(/N=C\C(=C/C)OCC1CCN(C)CC1)c1cccc(Cn2cc(-c3cc(C#N)ccn3)cc(F)c2=O)c1. The Balaban J connectivity index is 1.45. The van der Waals surface area contributed by atoms with Gasteiger partial charge in [0.05, 0.1) is 42.4 Å². The quantitative estimate of drug-likeness (QED) is 0.281. The van der Waals surface area contributed by atoms with Crippen LogP contribution in [0.3, 0.4) is 0 Å². The number of benzene rings is 1. The van der Waals surface area contributed by atoms with Gasteiger partial charge in [-0.1, -0.05) is 24.8 Å². The smallest absolute Gasteiger partial charge is 0.286 e. The first kappa shape index (κ1) is 27.7. The standard InChI is InChI=1S/C31H32FN5O2/c1-4-28(39-21-23-9-12-36(3)13-10-23)18-35-22(2)26-7-5-6-25(14-26)19-37-20-27(16-29(32)31(37)38)30-15-24(17-33)8-11-34-30/h4-8,11,14-16,18,20,23H,2,9-10,12-13,19,21H2,1,3H3/b28-4+,35-18-. The van der Waals surface area contributed by atoms with Gasteiger partial charge in [0.1, 0.15) is 5.76 Å². The van der Waals surface area contributed by atoms with Gasteiger partial charge in [0.2, 0.25) is 0 Å². The third kappa shape index (κ3) is 7.37. The second kappa shape index (κ2) is 12.9. The van der Waals surface area contributed by atoms with Crippen molar-refractivity contribution in [3.63, 3.8) is 0 Å². The lowest BCUT2D eigenvalue weighted by atomic mass is 9.98. The number of pyridine rings is 2. The molecule has 1 fully saturated rings. The Hall–Kier alpha value is -4.35. The zero-order valence-electron chi connectivity index (χ0n) is 22.3. The highest BCUT2D eigenvalue weighted by atomic mass is 19.1. The number of allylic oxidation sites excluding steroid dienone is 2. The average molecular weight is 526 g/mol. The predicted molar refractivity (Wildman–Crippen MR) is 152 cm³/mol. The summed E-state index contributed by atoms with van der Waals surface area (Å²) in [4.78, 5) is 23.6. The van der Waals surface area contributed by atoms with Gasteiger partial charge in [-0.25, -0.2) is 4.39 Å². The van der Waals surface area contributed by atoms with Crippen molar-refractivity contribution in [3.05, 3.63) is 106 Å². The van der Waals surface area contributed by atoms with Gasteiger partial charge in [0.15, 0.2) is 5.82 Å². The summed E-state index contributed by atoms with van der Waals surface area (Å²) in [6.07, 6.45) is 8.85. The molecular weight excluding hydrogens is 493 g/mol. The number of nitriles is 1. The number of halogens is 1. The zero-order valence-corrected chi connectivity index (χ0v) is 22.3. The Morgan fingerprint density at radius 3 is 2.82 bits per heavy atom. The van der Waals surface area contributed by atoms with Crippen molar-refractivity contribution in [2.75, 3.05) is 26.7 Å². The van der Waals surface area contributed by atoms with Crippen LogP contribution in [0, 0.1) is 23.1 Å². The van der Waals surface area contributed by atoms with E-state index in [9.17, 15) is 9.18 Å². The molecule has 39 heavy (non-hydrogen) atoms. The maximum absolute atomic E-state index is 14.5. The van der Waals surface area contributed by atoms with E-state index in [-0.39, 0.29) is 6.54 Å². The van der Waals surface area contributed by atoms with Crippen LogP contribution in [0.4, 0.5) is 4.39 Å². The van der Waals surface area contributed by atoms with Crippen molar-refractivity contribution in [1.82, 2.24) is 14.5 Å². The minimum absolute atomic E-state index is 0.145. The predicted octanol–water partition coefficient (Wildman–Crippen LogP) is 5.27. The van der Waals surface area contributed by atoms with Crippen LogP contribution in [0.1, 0.15) is 36.5 Å². The summed E-state index contributed by atoms with van der Waals surface area (Å²) in [5, 5.41) is 9.16. The monoisotopic (exact) mass is 525 g/mol. The number of likely N-dealkylation sites (tertiary alicyclic amines) is 1. The summed E-state index contributed by atoms with van der Waals surface area (Å²) in [6, 6.07) is 13.8. The van der Waals surface area contributed by atoms with Gasteiger partial charge >= 0.3 is 0 Å². The van der Waals surface area contributed by atoms with E-state index >= 15 is 0 Å². The topological polar surface area (TPSA) is 83.5 Å². The fraction of sp³-hybridized carbons (Fsp3) is 0.290. The molecule has 0 N–H and O–H groups in total. The molecule has 1 aliphatic heterocycles. The van der Waals surface area contributed by atoms with Crippen molar-refractivity contribution >= 4 is 11.9 Å². The molecule has 4 rings (SSSR count). The Bertz CT molecular complexity index is 1490. The number of aliphatic imine (C=N–C) groups is 1. The van der Waals surface area contributed by atoms with E-state index in [4.69, 9.17) is 10.00 Å². The summed E-state index contributed by atoms with van der Waals surface area (Å²) < 4.78 is 21.8.